The minimum Gasteiger partial charge on any atom is -0.614 e. The van der Waals surface area contributed by atoms with Crippen molar-refractivity contribution in [3.63, 3.8) is 0 Å². The molecule has 24 heavy (non-hydrogen) atoms. The van der Waals surface area contributed by atoms with Gasteiger partial charge in [-0.2, -0.15) is 0 Å². The van der Waals surface area contributed by atoms with Gasteiger partial charge in [0.1, 0.15) is 5.92 Å². The van der Waals surface area contributed by atoms with Gasteiger partial charge in [0.2, 0.25) is 18.1 Å². The van der Waals surface area contributed by atoms with Crippen LogP contribution in [0.2, 0.25) is 0 Å². The Bertz CT molecular complexity index is 561. The maximum Gasteiger partial charge on any atom is 0.337 e. The van der Waals surface area contributed by atoms with Gasteiger partial charge in [-0.25, -0.2) is 4.79 Å². The fraction of sp³-hybridized carbons (Fsp3) is 0.800. The highest BCUT2D eigenvalue weighted by Crippen LogP contribution is 2.49. The molecule has 2 aliphatic heterocycles. The lowest BCUT2D eigenvalue weighted by molar-refractivity contribution is -0.180. The first-order chi connectivity index (χ1) is 10.9. The molecule has 0 radical (unpaired) electrons. The molecule has 2 heterocycles. The lowest BCUT2D eigenvalue weighted by Gasteiger charge is -2.40. The van der Waals surface area contributed by atoms with Crippen molar-refractivity contribution < 1.29 is 28.4 Å². The van der Waals surface area contributed by atoms with Crippen LogP contribution in [0.4, 0.5) is 0 Å². The molecule has 0 saturated carbocycles. The fourth-order valence-electron chi connectivity index (χ4n) is 2.81. The fourth-order valence-corrected chi connectivity index (χ4v) is 5.21. The summed E-state index contributed by atoms with van der Waals surface area (Å²) in [6.07, 6.45) is 0. The highest BCUT2D eigenvalue weighted by molar-refractivity contribution is 7.93. The van der Waals surface area contributed by atoms with Crippen LogP contribution in [0.5, 0.6) is 0 Å². The molecule has 2 aliphatic rings. The summed E-state index contributed by atoms with van der Waals surface area (Å²) < 4.78 is 21.5. The highest BCUT2D eigenvalue weighted by Gasteiger charge is 2.72. The molecule has 4 atom stereocenters. The number of carbonyl (C=O) groups is 3. The molecule has 136 valence electrons. The van der Waals surface area contributed by atoms with E-state index in [1.54, 1.807) is 34.6 Å². The van der Waals surface area contributed by atoms with E-state index in [0.717, 1.165) is 0 Å². The molecule has 0 N–H and O–H groups in total. The van der Waals surface area contributed by atoms with Crippen molar-refractivity contribution in [1.29, 1.82) is 0 Å². The van der Waals surface area contributed by atoms with E-state index in [-0.39, 0.29) is 11.8 Å². The molecule has 2 saturated heterocycles. The van der Waals surface area contributed by atoms with Gasteiger partial charge >= 0.3 is 11.9 Å². The smallest absolute Gasteiger partial charge is 0.337 e. The van der Waals surface area contributed by atoms with E-state index in [1.807, 2.05) is 0 Å². The van der Waals surface area contributed by atoms with Crippen LogP contribution in [0.15, 0.2) is 0 Å². The lowest BCUT2D eigenvalue weighted by Crippen LogP contribution is -2.64. The van der Waals surface area contributed by atoms with E-state index in [9.17, 15) is 18.9 Å². The average molecular weight is 380 g/mol. The molecule has 0 aromatic carbocycles. The van der Waals surface area contributed by atoms with E-state index in [4.69, 9.17) is 21.1 Å². The quantitative estimate of drug-likeness (QED) is 0.238. The number of fused-ring (bicyclic) bond motifs is 1. The second-order valence-electron chi connectivity index (χ2n) is 7.46. The number of hydrogen-bond acceptors (Lipinski definition) is 6. The van der Waals surface area contributed by atoms with Gasteiger partial charge in [0.05, 0.1) is 5.41 Å². The molecular formula is C15H22ClNO6S. The molecule has 9 heteroatoms. The van der Waals surface area contributed by atoms with E-state index >= 15 is 0 Å². The van der Waals surface area contributed by atoms with Crippen LogP contribution in [0.3, 0.4) is 0 Å². The second kappa shape index (κ2) is 6.38. The van der Waals surface area contributed by atoms with Gasteiger partial charge in [-0.15, -0.1) is 11.6 Å². The topological polar surface area (TPSA) is 96.0 Å². The van der Waals surface area contributed by atoms with Gasteiger partial charge in [0, 0.05) is 5.88 Å². The number of halogens is 1. The first kappa shape index (κ1) is 19.3. The van der Waals surface area contributed by atoms with Crippen LogP contribution in [0, 0.1) is 11.3 Å². The van der Waals surface area contributed by atoms with Gasteiger partial charge in [0.15, 0.2) is 10.8 Å². The minimum absolute atomic E-state index is 0.0623. The maximum absolute atomic E-state index is 12.6. The summed E-state index contributed by atoms with van der Waals surface area (Å²) in [4.78, 5) is 37.5. The summed E-state index contributed by atoms with van der Waals surface area (Å²) in [5.74, 6) is -2.03. The molecule has 0 bridgehead atoms. The molecule has 0 spiro atoms. The van der Waals surface area contributed by atoms with Crippen LogP contribution in [0.25, 0.3) is 0 Å². The predicted octanol–water partition coefficient (Wildman–Crippen LogP) is 1.01. The molecule has 0 aromatic rings. The number of nitrogens with zero attached hydrogens (tertiary/aromatic N) is 1. The SMILES string of the molecule is CC(C)(C)C(=O)OCOC(=O)[C@@H]1N2C(=O)[C@H](CCl)[C@H]2[S+]([O-])C1(C)C. The van der Waals surface area contributed by atoms with Crippen molar-refractivity contribution in [1.82, 2.24) is 4.90 Å². The number of rotatable bonds is 4. The Balaban J connectivity index is 2.04. The van der Waals surface area contributed by atoms with E-state index in [1.165, 1.54) is 4.90 Å². The van der Waals surface area contributed by atoms with Crippen molar-refractivity contribution in [3.05, 3.63) is 0 Å². The van der Waals surface area contributed by atoms with Crippen molar-refractivity contribution in [2.24, 2.45) is 11.3 Å². The number of hydrogen-bond donors (Lipinski definition) is 0. The number of esters is 2. The predicted molar refractivity (Wildman–Crippen MR) is 87.4 cm³/mol. The molecule has 2 rings (SSSR count). The van der Waals surface area contributed by atoms with Crippen molar-refractivity contribution in [3.8, 4) is 0 Å². The largest absolute Gasteiger partial charge is 0.614 e. The lowest BCUT2D eigenvalue weighted by atomic mass is 9.93. The number of ether oxygens (including phenoxy) is 2. The Hall–Kier alpha value is -0.990. The Morgan fingerprint density at radius 1 is 1.33 bits per heavy atom. The molecule has 2 fully saturated rings. The average Bonchev–Trinajstić information content (AvgIpc) is 2.64. The van der Waals surface area contributed by atoms with Crippen molar-refractivity contribution >= 4 is 40.6 Å². The minimum atomic E-state index is -1.44. The summed E-state index contributed by atoms with van der Waals surface area (Å²) in [5, 5.41) is -0.570. The standard InChI is InChI=1S/C15H22ClNO6S/c1-14(2,3)13(20)23-7-22-12(19)9-15(4,5)24(21)11-8(6-16)10(18)17(9)11/h8-9,11H,6-7H2,1-5H3/t8-,9-,11+,24?/m0/s1. The van der Waals surface area contributed by atoms with Gasteiger partial charge in [-0.05, 0) is 45.8 Å². The summed E-state index contributed by atoms with van der Waals surface area (Å²) in [5.41, 5.74) is -0.716. The van der Waals surface area contributed by atoms with Crippen molar-refractivity contribution in [2.45, 2.75) is 50.8 Å². The maximum atomic E-state index is 12.6. The van der Waals surface area contributed by atoms with Crippen molar-refractivity contribution in [2.75, 3.05) is 12.7 Å². The molecule has 0 aliphatic carbocycles. The monoisotopic (exact) mass is 379 g/mol. The van der Waals surface area contributed by atoms with Gasteiger partial charge < -0.3 is 14.0 Å². The Labute approximate surface area is 149 Å². The number of carbonyl (C=O) groups excluding carboxylic acids is 3. The molecule has 7 nitrogen and oxygen atoms in total. The molecule has 0 aromatic heterocycles. The normalized spacial score (nSPS) is 31.3. The number of β-lactam (4-membered cyclic amide) rings is 1. The van der Waals surface area contributed by atoms with Gasteiger partial charge in [-0.1, -0.05) is 0 Å². The Morgan fingerprint density at radius 3 is 2.42 bits per heavy atom. The number of alkyl halides is 1. The van der Waals surface area contributed by atoms with Crippen LogP contribution < -0.4 is 0 Å². The Morgan fingerprint density at radius 2 is 1.92 bits per heavy atom. The number of amides is 1. The first-order valence-electron chi connectivity index (χ1n) is 7.57. The zero-order valence-electron chi connectivity index (χ0n) is 14.3. The highest BCUT2D eigenvalue weighted by atomic mass is 35.5. The zero-order chi connectivity index (χ0) is 18.4. The van der Waals surface area contributed by atoms with Gasteiger partial charge in [0.25, 0.3) is 0 Å². The summed E-state index contributed by atoms with van der Waals surface area (Å²) in [7, 11) is 0. The van der Waals surface area contributed by atoms with Crippen LogP contribution in [0.1, 0.15) is 34.6 Å². The second-order valence-corrected chi connectivity index (χ2v) is 9.90. The third kappa shape index (κ3) is 2.99. The zero-order valence-corrected chi connectivity index (χ0v) is 15.9. The summed E-state index contributed by atoms with van der Waals surface area (Å²) >= 11 is 4.32. The van der Waals surface area contributed by atoms with E-state index < -0.39 is 57.4 Å². The van der Waals surface area contributed by atoms with Crippen LogP contribution >= 0.6 is 11.6 Å². The van der Waals surface area contributed by atoms with Gasteiger partial charge in [-0.3, -0.25) is 14.5 Å². The van der Waals surface area contributed by atoms with Crippen LogP contribution in [-0.4, -0.2) is 56.1 Å². The molecule has 1 amide bonds. The van der Waals surface area contributed by atoms with E-state index in [0.29, 0.717) is 0 Å². The summed E-state index contributed by atoms with van der Waals surface area (Å²) in [6, 6.07) is -0.983. The molecule has 1 unspecified atom stereocenters. The summed E-state index contributed by atoms with van der Waals surface area (Å²) in [6.45, 7) is 7.78. The third-order valence-corrected chi connectivity index (χ3v) is 6.84. The van der Waals surface area contributed by atoms with Crippen LogP contribution in [-0.2, 0) is 35.0 Å². The third-order valence-electron chi connectivity index (χ3n) is 4.26. The van der Waals surface area contributed by atoms with E-state index in [2.05, 4.69) is 0 Å². The molecular weight excluding hydrogens is 358 g/mol. The Kier molecular flexibility index (Phi) is 5.14. The first-order valence-corrected chi connectivity index (χ1v) is 9.32.